The van der Waals surface area contributed by atoms with Crippen LogP contribution in [-0.4, -0.2) is 80.3 Å². The second-order valence-electron chi connectivity index (χ2n) is 7.18. The van der Waals surface area contributed by atoms with Crippen molar-refractivity contribution in [3.63, 3.8) is 0 Å². The maximum atomic E-state index is 11.3. The summed E-state index contributed by atoms with van der Waals surface area (Å²) in [6.07, 6.45) is -6.53. The van der Waals surface area contributed by atoms with Crippen LogP contribution in [0.2, 0.25) is 0 Å². The zero-order chi connectivity index (χ0) is 25.2. The van der Waals surface area contributed by atoms with Gasteiger partial charge in [-0.15, -0.1) is 0 Å². The number of hydrogen-bond acceptors (Lipinski definition) is 11. The van der Waals surface area contributed by atoms with E-state index < -0.39 is 47.1 Å². The molecule has 0 amide bonds. The molecule has 1 aliphatic heterocycles. The Kier molecular flexibility index (Phi) is 7.30. The Hall–Kier alpha value is -3.40. The van der Waals surface area contributed by atoms with Crippen molar-refractivity contribution in [2.45, 2.75) is 30.7 Å². The minimum Gasteiger partial charge on any atom is -0.508 e. The second kappa shape index (κ2) is 9.84. The van der Waals surface area contributed by atoms with Gasteiger partial charge in [-0.05, 0) is 29.8 Å². The van der Waals surface area contributed by atoms with Crippen LogP contribution >= 0.6 is 0 Å². The van der Waals surface area contributed by atoms with E-state index in [0.29, 0.717) is 0 Å². The number of carbonyl (C=O) groups is 1. The number of carboxylic acids is 1. The zero-order valence-corrected chi connectivity index (χ0v) is 17.8. The van der Waals surface area contributed by atoms with Crippen LogP contribution in [0, 0.1) is 0 Å². The third kappa shape index (κ3) is 6.13. The first-order valence-electron chi connectivity index (χ1n) is 9.45. The molecule has 1 aliphatic rings. The number of aliphatic hydroxyl groups is 3. The first-order valence-corrected chi connectivity index (χ1v) is 10.8. The fourth-order valence-corrected chi connectivity index (χ4v) is 3.43. The Bertz CT molecular complexity index is 1190. The molecule has 1 saturated heterocycles. The SMILES string of the molecule is O=C(O)C1OC(Oc2cc(O)ccc2C=Cc2cc(O)cc(OS(=O)(=O)O)c2)C(O)C(O)C1O. The van der Waals surface area contributed by atoms with Crippen molar-refractivity contribution in [1.82, 2.24) is 0 Å². The van der Waals surface area contributed by atoms with E-state index >= 15 is 0 Å². The summed E-state index contributed by atoms with van der Waals surface area (Å²) in [5, 5.41) is 58.6. The normalized spacial score (nSPS) is 25.2. The van der Waals surface area contributed by atoms with Crippen molar-refractivity contribution >= 4 is 28.5 Å². The molecule has 14 heteroatoms. The smallest absolute Gasteiger partial charge is 0.446 e. The first kappa shape index (κ1) is 25.2. The standard InChI is InChI=1S/C20H20O13S/c21-11-4-3-10(2-1-9-5-12(22)7-13(6-9)33-34(28,29)30)14(8-11)31-20-17(25)15(23)16(24)18(32-20)19(26)27/h1-8,15-18,20-25H,(H,26,27)(H,28,29,30). The van der Waals surface area contributed by atoms with E-state index in [2.05, 4.69) is 4.18 Å². The quantitative estimate of drug-likeness (QED) is 0.192. The molecule has 5 unspecified atom stereocenters. The van der Waals surface area contributed by atoms with E-state index in [-0.39, 0.29) is 34.1 Å². The third-order valence-corrected chi connectivity index (χ3v) is 5.03. The number of aliphatic hydroxyl groups excluding tert-OH is 3. The molecule has 184 valence electrons. The minimum atomic E-state index is -4.83. The van der Waals surface area contributed by atoms with E-state index in [1.54, 1.807) is 0 Å². The van der Waals surface area contributed by atoms with Crippen LogP contribution in [0.1, 0.15) is 11.1 Å². The monoisotopic (exact) mass is 500 g/mol. The number of rotatable bonds is 7. The molecule has 5 atom stereocenters. The van der Waals surface area contributed by atoms with Crippen molar-refractivity contribution in [1.29, 1.82) is 0 Å². The van der Waals surface area contributed by atoms with Gasteiger partial charge in [0.2, 0.25) is 6.29 Å². The van der Waals surface area contributed by atoms with Crippen LogP contribution in [0.3, 0.4) is 0 Å². The van der Waals surface area contributed by atoms with E-state index in [1.807, 2.05) is 0 Å². The molecule has 0 aromatic heterocycles. The van der Waals surface area contributed by atoms with Gasteiger partial charge in [-0.1, -0.05) is 12.2 Å². The van der Waals surface area contributed by atoms with Crippen molar-refractivity contribution < 1.29 is 62.1 Å². The van der Waals surface area contributed by atoms with Crippen LogP contribution in [0.15, 0.2) is 36.4 Å². The summed E-state index contributed by atoms with van der Waals surface area (Å²) >= 11 is 0. The second-order valence-corrected chi connectivity index (χ2v) is 8.20. The molecule has 0 saturated carbocycles. The number of phenolic OH excluding ortho intramolecular Hbond substituents is 2. The highest BCUT2D eigenvalue weighted by Gasteiger charge is 2.48. The highest BCUT2D eigenvalue weighted by molar-refractivity contribution is 7.81. The molecule has 0 spiro atoms. The van der Waals surface area contributed by atoms with Crippen LogP contribution in [0.4, 0.5) is 0 Å². The summed E-state index contributed by atoms with van der Waals surface area (Å²) in [6.45, 7) is 0. The first-order chi connectivity index (χ1) is 15.8. The molecule has 2 aromatic rings. The molecule has 7 N–H and O–H groups in total. The molecule has 0 bridgehead atoms. The topological polar surface area (TPSA) is 221 Å². The summed E-state index contributed by atoms with van der Waals surface area (Å²) in [5.41, 5.74) is 0.456. The van der Waals surface area contributed by atoms with Crippen molar-refractivity contribution in [3.8, 4) is 23.0 Å². The van der Waals surface area contributed by atoms with Gasteiger partial charge in [-0.25, -0.2) is 4.79 Å². The summed E-state index contributed by atoms with van der Waals surface area (Å²) in [4.78, 5) is 11.3. The number of benzene rings is 2. The third-order valence-electron chi connectivity index (χ3n) is 4.62. The predicted molar refractivity (Wildman–Crippen MR) is 112 cm³/mol. The number of phenols is 2. The van der Waals surface area contributed by atoms with Crippen LogP contribution in [0.25, 0.3) is 12.2 Å². The van der Waals surface area contributed by atoms with Crippen molar-refractivity contribution in [2.24, 2.45) is 0 Å². The Morgan fingerprint density at radius 1 is 0.941 bits per heavy atom. The fraction of sp³-hybridized carbons (Fsp3) is 0.250. The average molecular weight is 500 g/mol. The van der Waals surface area contributed by atoms with Gasteiger partial charge in [-0.2, -0.15) is 8.42 Å². The number of aromatic hydroxyl groups is 2. The molecule has 34 heavy (non-hydrogen) atoms. The minimum absolute atomic E-state index is 0.123. The van der Waals surface area contributed by atoms with E-state index in [9.17, 15) is 38.7 Å². The highest BCUT2D eigenvalue weighted by atomic mass is 32.3. The molecule has 1 heterocycles. The van der Waals surface area contributed by atoms with Gasteiger partial charge in [0.25, 0.3) is 0 Å². The maximum Gasteiger partial charge on any atom is 0.446 e. The van der Waals surface area contributed by atoms with E-state index in [4.69, 9.17) is 19.1 Å². The number of aliphatic carboxylic acids is 1. The average Bonchev–Trinajstić information content (AvgIpc) is 2.71. The van der Waals surface area contributed by atoms with Crippen LogP contribution in [0.5, 0.6) is 23.0 Å². The van der Waals surface area contributed by atoms with E-state index in [0.717, 1.165) is 12.1 Å². The van der Waals surface area contributed by atoms with Gasteiger partial charge in [-0.3, -0.25) is 4.55 Å². The number of carboxylic acid groups (broad SMARTS) is 1. The summed E-state index contributed by atoms with van der Waals surface area (Å²) < 4.78 is 45.4. The molecule has 0 aliphatic carbocycles. The molecule has 2 aromatic carbocycles. The molecule has 13 nitrogen and oxygen atoms in total. The Balaban J connectivity index is 1.89. The lowest BCUT2D eigenvalue weighted by atomic mass is 9.99. The lowest BCUT2D eigenvalue weighted by molar-refractivity contribution is -0.271. The van der Waals surface area contributed by atoms with E-state index in [1.165, 1.54) is 36.4 Å². The lowest BCUT2D eigenvalue weighted by Crippen LogP contribution is -2.61. The number of hydrogen-bond donors (Lipinski definition) is 7. The van der Waals surface area contributed by atoms with Gasteiger partial charge in [0.05, 0.1) is 0 Å². The van der Waals surface area contributed by atoms with Gasteiger partial charge in [0.1, 0.15) is 41.3 Å². The van der Waals surface area contributed by atoms with Crippen molar-refractivity contribution in [3.05, 3.63) is 47.5 Å². The highest BCUT2D eigenvalue weighted by Crippen LogP contribution is 2.31. The predicted octanol–water partition coefficient (Wildman–Crippen LogP) is -0.279. The zero-order valence-electron chi connectivity index (χ0n) is 17.0. The van der Waals surface area contributed by atoms with Gasteiger partial charge >= 0.3 is 16.4 Å². The summed E-state index contributed by atoms with van der Waals surface area (Å²) in [7, 11) is -4.83. The van der Waals surface area contributed by atoms with Gasteiger partial charge in [0.15, 0.2) is 6.10 Å². The van der Waals surface area contributed by atoms with Gasteiger partial charge < -0.3 is 44.3 Å². The van der Waals surface area contributed by atoms with Crippen LogP contribution in [-0.2, 0) is 19.9 Å². The maximum absolute atomic E-state index is 11.3. The largest absolute Gasteiger partial charge is 0.508 e. The Morgan fingerprint density at radius 2 is 1.65 bits per heavy atom. The molecule has 0 radical (unpaired) electrons. The Labute approximate surface area is 192 Å². The Morgan fingerprint density at radius 3 is 2.29 bits per heavy atom. The van der Waals surface area contributed by atoms with Gasteiger partial charge in [0, 0.05) is 17.7 Å². The molecular formula is C20H20O13S. The lowest BCUT2D eigenvalue weighted by Gasteiger charge is -2.38. The summed E-state index contributed by atoms with van der Waals surface area (Å²) in [6, 6.07) is 7.11. The summed E-state index contributed by atoms with van der Waals surface area (Å²) in [5.74, 6) is -2.75. The fourth-order valence-electron chi connectivity index (χ4n) is 3.10. The molecular weight excluding hydrogens is 480 g/mol. The van der Waals surface area contributed by atoms with Crippen molar-refractivity contribution in [2.75, 3.05) is 0 Å². The van der Waals surface area contributed by atoms with Crippen LogP contribution < -0.4 is 8.92 Å². The molecule has 3 rings (SSSR count). The number of ether oxygens (including phenoxy) is 2. The molecule has 1 fully saturated rings.